The molecule has 94 valence electrons. The number of nitrogen functional groups attached to an aromatic ring is 1. The Morgan fingerprint density at radius 1 is 1.47 bits per heavy atom. The molecule has 1 amide bonds. The van der Waals surface area contributed by atoms with Gasteiger partial charge in [-0.25, -0.2) is 0 Å². The van der Waals surface area contributed by atoms with Gasteiger partial charge < -0.3 is 11.1 Å². The molecular formula is C13H19ClN2O. The molecule has 0 spiro atoms. The van der Waals surface area contributed by atoms with Crippen LogP contribution in [0.3, 0.4) is 0 Å². The summed E-state index contributed by atoms with van der Waals surface area (Å²) in [5, 5.41) is 3.33. The Morgan fingerprint density at radius 2 is 2.12 bits per heavy atom. The lowest BCUT2D eigenvalue weighted by Gasteiger charge is -2.20. The normalized spacial score (nSPS) is 14.1. The molecule has 1 rings (SSSR count). The number of carbonyl (C=O) groups is 1. The third-order valence-electron chi connectivity index (χ3n) is 3.09. The Hall–Kier alpha value is -1.22. The van der Waals surface area contributed by atoms with Crippen molar-refractivity contribution < 1.29 is 4.79 Å². The molecule has 0 radical (unpaired) electrons. The molecule has 0 aliphatic heterocycles. The molecule has 1 aromatic rings. The van der Waals surface area contributed by atoms with Crippen molar-refractivity contribution in [2.75, 3.05) is 5.73 Å². The van der Waals surface area contributed by atoms with E-state index in [0.717, 1.165) is 6.42 Å². The Kier molecular flexibility index (Phi) is 4.82. The number of nitrogens with two attached hydrogens (primary N) is 1. The molecule has 0 heterocycles. The minimum absolute atomic E-state index is 0.126. The van der Waals surface area contributed by atoms with E-state index in [9.17, 15) is 4.79 Å². The van der Waals surface area contributed by atoms with E-state index >= 15 is 0 Å². The molecule has 1 aromatic carbocycles. The van der Waals surface area contributed by atoms with Crippen LogP contribution in [0.15, 0.2) is 18.2 Å². The molecule has 2 atom stereocenters. The highest BCUT2D eigenvalue weighted by molar-refractivity contribution is 6.34. The minimum atomic E-state index is -0.150. The summed E-state index contributed by atoms with van der Waals surface area (Å²) in [6.45, 7) is 6.20. The quantitative estimate of drug-likeness (QED) is 0.812. The number of benzene rings is 1. The topological polar surface area (TPSA) is 55.1 Å². The number of hydrogen-bond donors (Lipinski definition) is 2. The van der Waals surface area contributed by atoms with Gasteiger partial charge in [0.15, 0.2) is 0 Å². The van der Waals surface area contributed by atoms with Crippen molar-refractivity contribution in [3.8, 4) is 0 Å². The SMILES string of the molecule is CCC(C)C(C)NC(=O)c1ccc(N)cc1Cl. The van der Waals surface area contributed by atoms with Crippen molar-refractivity contribution in [1.29, 1.82) is 0 Å². The first-order valence-electron chi connectivity index (χ1n) is 5.81. The molecule has 0 aromatic heterocycles. The van der Waals surface area contributed by atoms with E-state index in [-0.39, 0.29) is 11.9 Å². The lowest BCUT2D eigenvalue weighted by Crippen LogP contribution is -2.37. The summed E-state index contributed by atoms with van der Waals surface area (Å²) in [6, 6.07) is 5.04. The summed E-state index contributed by atoms with van der Waals surface area (Å²) in [6.07, 6.45) is 1.02. The lowest BCUT2D eigenvalue weighted by atomic mass is 10.0. The first-order valence-corrected chi connectivity index (χ1v) is 6.19. The number of carbonyl (C=O) groups excluding carboxylic acids is 1. The van der Waals surface area contributed by atoms with Crippen molar-refractivity contribution in [3.05, 3.63) is 28.8 Å². The van der Waals surface area contributed by atoms with Crippen LogP contribution in [0.5, 0.6) is 0 Å². The summed E-state index contributed by atoms with van der Waals surface area (Å²) in [5.41, 5.74) is 6.61. The van der Waals surface area contributed by atoms with Gasteiger partial charge in [-0.15, -0.1) is 0 Å². The molecular weight excluding hydrogens is 236 g/mol. The zero-order chi connectivity index (χ0) is 13.0. The number of halogens is 1. The molecule has 0 fully saturated rings. The van der Waals surface area contributed by atoms with E-state index in [2.05, 4.69) is 19.2 Å². The molecule has 17 heavy (non-hydrogen) atoms. The third kappa shape index (κ3) is 3.63. The maximum absolute atomic E-state index is 12.0. The summed E-state index contributed by atoms with van der Waals surface area (Å²) in [7, 11) is 0. The van der Waals surface area contributed by atoms with Gasteiger partial charge in [-0.3, -0.25) is 4.79 Å². The Morgan fingerprint density at radius 3 is 2.65 bits per heavy atom. The highest BCUT2D eigenvalue weighted by Gasteiger charge is 2.16. The maximum atomic E-state index is 12.0. The molecule has 0 bridgehead atoms. The maximum Gasteiger partial charge on any atom is 0.253 e. The molecule has 0 saturated heterocycles. The van der Waals surface area contributed by atoms with E-state index in [1.165, 1.54) is 0 Å². The fraction of sp³-hybridized carbons (Fsp3) is 0.462. The van der Waals surface area contributed by atoms with Gasteiger partial charge in [-0.2, -0.15) is 0 Å². The van der Waals surface area contributed by atoms with Gasteiger partial charge in [-0.05, 0) is 31.0 Å². The molecule has 0 aliphatic rings. The largest absolute Gasteiger partial charge is 0.399 e. The van der Waals surface area contributed by atoms with Crippen LogP contribution in [0.4, 0.5) is 5.69 Å². The second-order valence-corrected chi connectivity index (χ2v) is 4.79. The van der Waals surface area contributed by atoms with Crippen LogP contribution < -0.4 is 11.1 Å². The highest BCUT2D eigenvalue weighted by Crippen LogP contribution is 2.19. The van der Waals surface area contributed by atoms with Crippen LogP contribution >= 0.6 is 11.6 Å². The van der Waals surface area contributed by atoms with E-state index in [1.807, 2.05) is 6.92 Å². The highest BCUT2D eigenvalue weighted by atomic mass is 35.5. The smallest absolute Gasteiger partial charge is 0.253 e. The van der Waals surface area contributed by atoms with Crippen LogP contribution in [-0.2, 0) is 0 Å². The number of amides is 1. The molecule has 3 nitrogen and oxygen atoms in total. The summed E-state index contributed by atoms with van der Waals surface area (Å²) in [4.78, 5) is 12.0. The zero-order valence-corrected chi connectivity index (χ0v) is 11.2. The van der Waals surface area contributed by atoms with Crippen LogP contribution in [0, 0.1) is 5.92 Å². The van der Waals surface area contributed by atoms with Crippen LogP contribution in [0.25, 0.3) is 0 Å². The average molecular weight is 255 g/mol. The van der Waals surface area contributed by atoms with Gasteiger partial charge in [0.1, 0.15) is 0 Å². The second kappa shape index (κ2) is 5.92. The van der Waals surface area contributed by atoms with Gasteiger partial charge in [-0.1, -0.05) is 31.9 Å². The number of anilines is 1. The van der Waals surface area contributed by atoms with Crippen molar-refractivity contribution >= 4 is 23.2 Å². The Bertz CT molecular complexity index is 406. The standard InChI is InChI=1S/C13H19ClN2O/c1-4-8(2)9(3)16-13(17)11-6-5-10(15)7-12(11)14/h5-9H,4,15H2,1-3H3,(H,16,17). The predicted octanol–water partition coefficient (Wildman–Crippen LogP) is 3.09. The summed E-state index contributed by atoms with van der Waals surface area (Å²) >= 11 is 5.98. The van der Waals surface area contributed by atoms with E-state index < -0.39 is 0 Å². The first-order chi connectivity index (χ1) is 7.95. The number of hydrogen-bond acceptors (Lipinski definition) is 2. The second-order valence-electron chi connectivity index (χ2n) is 4.39. The van der Waals surface area contributed by atoms with Crippen molar-refractivity contribution in [2.24, 2.45) is 5.92 Å². The molecule has 0 saturated carbocycles. The van der Waals surface area contributed by atoms with Crippen molar-refractivity contribution in [3.63, 3.8) is 0 Å². The molecule has 3 N–H and O–H groups in total. The fourth-order valence-corrected chi connectivity index (χ4v) is 1.77. The lowest BCUT2D eigenvalue weighted by molar-refractivity contribution is 0.0928. The van der Waals surface area contributed by atoms with Gasteiger partial charge in [0.25, 0.3) is 5.91 Å². The van der Waals surface area contributed by atoms with Gasteiger partial charge >= 0.3 is 0 Å². The van der Waals surface area contributed by atoms with E-state index in [1.54, 1.807) is 18.2 Å². The predicted molar refractivity (Wildman–Crippen MR) is 72.2 cm³/mol. The molecule has 4 heteroatoms. The van der Waals surface area contributed by atoms with Crippen molar-refractivity contribution in [2.45, 2.75) is 33.2 Å². The molecule has 2 unspecified atom stereocenters. The average Bonchev–Trinajstić information content (AvgIpc) is 2.27. The third-order valence-corrected chi connectivity index (χ3v) is 3.41. The first kappa shape index (κ1) is 13.8. The van der Waals surface area contributed by atoms with Crippen LogP contribution in [0.2, 0.25) is 5.02 Å². The minimum Gasteiger partial charge on any atom is -0.399 e. The summed E-state index contributed by atoms with van der Waals surface area (Å²) in [5.74, 6) is 0.286. The summed E-state index contributed by atoms with van der Waals surface area (Å²) < 4.78 is 0. The number of rotatable bonds is 4. The van der Waals surface area contributed by atoms with E-state index in [4.69, 9.17) is 17.3 Å². The van der Waals surface area contributed by atoms with Gasteiger partial charge in [0.2, 0.25) is 0 Å². The van der Waals surface area contributed by atoms with Crippen LogP contribution in [-0.4, -0.2) is 11.9 Å². The molecule has 0 aliphatic carbocycles. The monoisotopic (exact) mass is 254 g/mol. The van der Waals surface area contributed by atoms with Crippen LogP contribution in [0.1, 0.15) is 37.6 Å². The zero-order valence-electron chi connectivity index (χ0n) is 10.5. The van der Waals surface area contributed by atoms with Gasteiger partial charge in [0.05, 0.1) is 10.6 Å². The Labute approximate surface area is 107 Å². The Balaban J connectivity index is 2.76. The van der Waals surface area contributed by atoms with E-state index in [0.29, 0.717) is 22.2 Å². The van der Waals surface area contributed by atoms with Gasteiger partial charge in [0, 0.05) is 11.7 Å². The van der Waals surface area contributed by atoms with Crippen molar-refractivity contribution in [1.82, 2.24) is 5.32 Å². The number of nitrogens with one attached hydrogen (secondary N) is 1. The fourth-order valence-electron chi connectivity index (χ4n) is 1.50.